The van der Waals surface area contributed by atoms with Gasteiger partial charge in [-0.05, 0) is 31.2 Å². The number of nitrogens with one attached hydrogen (secondary N) is 1. The number of hydrogen-bond donors (Lipinski definition) is 1. The molecular formula is C19H20FN3O3. The molecule has 0 bridgehead atoms. The summed E-state index contributed by atoms with van der Waals surface area (Å²) >= 11 is 0. The van der Waals surface area contributed by atoms with Crippen LogP contribution in [0.15, 0.2) is 53.5 Å². The van der Waals surface area contributed by atoms with E-state index in [-0.39, 0.29) is 12.3 Å². The van der Waals surface area contributed by atoms with E-state index in [0.717, 1.165) is 0 Å². The summed E-state index contributed by atoms with van der Waals surface area (Å²) in [4.78, 5) is 22.5. The standard InChI is InChI=1S/C19H20FN3O3/c1-19(12-17(24)21-13-7-6-8-14(11-13)25-3)22-18(23(2)26-19)15-9-4-5-10-16(15)20/h4-11H,12H2,1-3H3,(H,21,24). The Bertz CT molecular complexity index is 855. The third kappa shape index (κ3) is 3.83. The first-order valence-electron chi connectivity index (χ1n) is 8.12. The second-order valence-corrected chi connectivity index (χ2v) is 6.14. The van der Waals surface area contributed by atoms with Gasteiger partial charge in [0, 0.05) is 18.8 Å². The van der Waals surface area contributed by atoms with E-state index in [2.05, 4.69) is 10.3 Å². The van der Waals surface area contributed by atoms with Crippen LogP contribution in [0.2, 0.25) is 0 Å². The molecule has 3 rings (SSSR count). The lowest BCUT2D eigenvalue weighted by molar-refractivity contribution is -0.164. The first kappa shape index (κ1) is 17.9. The molecule has 2 aromatic carbocycles. The number of aliphatic imine (C=N–C) groups is 1. The van der Waals surface area contributed by atoms with Gasteiger partial charge >= 0.3 is 0 Å². The van der Waals surface area contributed by atoms with Gasteiger partial charge in [-0.2, -0.15) is 0 Å². The van der Waals surface area contributed by atoms with Crippen molar-refractivity contribution >= 4 is 17.4 Å². The van der Waals surface area contributed by atoms with Gasteiger partial charge in [-0.1, -0.05) is 18.2 Å². The van der Waals surface area contributed by atoms with Gasteiger partial charge in [-0.3, -0.25) is 4.79 Å². The Kier molecular flexibility index (Phi) is 4.90. The van der Waals surface area contributed by atoms with E-state index in [1.165, 1.54) is 11.1 Å². The lowest BCUT2D eigenvalue weighted by atomic mass is 10.1. The maximum absolute atomic E-state index is 14.0. The van der Waals surface area contributed by atoms with E-state index < -0.39 is 11.5 Å². The molecule has 0 radical (unpaired) electrons. The van der Waals surface area contributed by atoms with Crippen LogP contribution in [-0.2, 0) is 9.63 Å². The number of anilines is 1. The lowest BCUT2D eigenvalue weighted by Crippen LogP contribution is -2.32. The number of rotatable bonds is 5. The quantitative estimate of drug-likeness (QED) is 0.893. The SMILES string of the molecule is COc1cccc(NC(=O)CC2(C)N=C(c3ccccc3F)N(C)O2)c1. The Balaban J connectivity index is 1.74. The zero-order chi connectivity index (χ0) is 18.7. The van der Waals surface area contributed by atoms with Gasteiger partial charge in [0.1, 0.15) is 11.6 Å². The average molecular weight is 357 g/mol. The summed E-state index contributed by atoms with van der Waals surface area (Å²) in [6.07, 6.45) is -0.0213. The molecule has 2 aromatic rings. The second-order valence-electron chi connectivity index (χ2n) is 6.14. The van der Waals surface area contributed by atoms with E-state index in [1.54, 1.807) is 63.5 Å². The van der Waals surface area contributed by atoms with Crippen molar-refractivity contribution in [1.82, 2.24) is 5.06 Å². The molecule has 1 aliphatic heterocycles. The van der Waals surface area contributed by atoms with Crippen molar-refractivity contribution in [1.29, 1.82) is 0 Å². The molecule has 0 saturated heterocycles. The minimum Gasteiger partial charge on any atom is -0.497 e. The zero-order valence-corrected chi connectivity index (χ0v) is 14.8. The fraction of sp³-hybridized carbons (Fsp3) is 0.263. The molecule has 0 aromatic heterocycles. The van der Waals surface area contributed by atoms with Crippen molar-refractivity contribution in [3.63, 3.8) is 0 Å². The van der Waals surface area contributed by atoms with Crippen LogP contribution in [0.3, 0.4) is 0 Å². The Hall–Kier alpha value is -2.93. The van der Waals surface area contributed by atoms with E-state index >= 15 is 0 Å². The number of hydroxylamine groups is 2. The van der Waals surface area contributed by atoms with Crippen molar-refractivity contribution < 1.29 is 18.8 Å². The molecule has 1 atom stereocenters. The number of carbonyl (C=O) groups excluding carboxylic acids is 1. The van der Waals surface area contributed by atoms with Gasteiger partial charge < -0.3 is 10.1 Å². The Morgan fingerprint density at radius 3 is 2.81 bits per heavy atom. The van der Waals surface area contributed by atoms with E-state index in [0.29, 0.717) is 22.8 Å². The molecule has 1 heterocycles. The molecule has 26 heavy (non-hydrogen) atoms. The minimum atomic E-state index is -1.12. The molecule has 1 unspecified atom stereocenters. The van der Waals surface area contributed by atoms with Crippen molar-refractivity contribution in [2.75, 3.05) is 19.5 Å². The molecule has 1 amide bonds. The van der Waals surface area contributed by atoms with Crippen LogP contribution in [0.25, 0.3) is 0 Å². The smallest absolute Gasteiger partial charge is 0.229 e. The third-order valence-corrected chi connectivity index (χ3v) is 3.93. The van der Waals surface area contributed by atoms with Crippen LogP contribution >= 0.6 is 0 Å². The summed E-state index contributed by atoms with van der Waals surface area (Å²) in [5.74, 6) is 0.324. The maximum atomic E-state index is 14.0. The lowest BCUT2D eigenvalue weighted by Gasteiger charge is -2.21. The molecule has 0 spiro atoms. The minimum absolute atomic E-state index is 0.0213. The predicted octanol–water partition coefficient (Wildman–Crippen LogP) is 3.20. The van der Waals surface area contributed by atoms with E-state index in [4.69, 9.17) is 9.57 Å². The Morgan fingerprint density at radius 1 is 1.31 bits per heavy atom. The molecule has 1 N–H and O–H groups in total. The van der Waals surface area contributed by atoms with Crippen molar-refractivity contribution in [2.24, 2.45) is 4.99 Å². The van der Waals surface area contributed by atoms with Crippen molar-refractivity contribution in [2.45, 2.75) is 19.1 Å². The third-order valence-electron chi connectivity index (χ3n) is 3.93. The summed E-state index contributed by atoms with van der Waals surface area (Å²) < 4.78 is 19.2. The molecule has 1 aliphatic rings. The summed E-state index contributed by atoms with van der Waals surface area (Å²) in [5, 5.41) is 4.17. The first-order chi connectivity index (χ1) is 12.4. The zero-order valence-electron chi connectivity index (χ0n) is 14.8. The predicted molar refractivity (Wildman–Crippen MR) is 96.4 cm³/mol. The number of hydrogen-bond acceptors (Lipinski definition) is 5. The van der Waals surface area contributed by atoms with E-state index in [9.17, 15) is 9.18 Å². The topological polar surface area (TPSA) is 63.2 Å². The maximum Gasteiger partial charge on any atom is 0.229 e. The highest BCUT2D eigenvalue weighted by atomic mass is 19.1. The highest BCUT2D eigenvalue weighted by Gasteiger charge is 2.38. The monoisotopic (exact) mass is 357 g/mol. The van der Waals surface area contributed by atoms with Crippen molar-refractivity contribution in [3.05, 3.63) is 59.9 Å². The van der Waals surface area contributed by atoms with Gasteiger partial charge in [0.25, 0.3) is 0 Å². The highest BCUT2D eigenvalue weighted by molar-refractivity contribution is 6.00. The van der Waals surface area contributed by atoms with Gasteiger partial charge in [-0.25, -0.2) is 19.3 Å². The number of carbonyl (C=O) groups is 1. The second kappa shape index (κ2) is 7.13. The number of methoxy groups -OCH3 is 1. The largest absolute Gasteiger partial charge is 0.497 e. The van der Waals surface area contributed by atoms with Crippen LogP contribution in [-0.4, -0.2) is 36.7 Å². The van der Waals surface area contributed by atoms with Gasteiger partial charge in [0.15, 0.2) is 11.6 Å². The fourth-order valence-corrected chi connectivity index (χ4v) is 2.80. The molecule has 7 heteroatoms. The molecule has 6 nitrogen and oxygen atoms in total. The van der Waals surface area contributed by atoms with Crippen LogP contribution in [0.5, 0.6) is 5.75 Å². The van der Waals surface area contributed by atoms with E-state index in [1.807, 2.05) is 0 Å². The normalized spacial score (nSPS) is 19.2. The van der Waals surface area contributed by atoms with Gasteiger partial charge in [0.05, 0.1) is 19.1 Å². The summed E-state index contributed by atoms with van der Waals surface area (Å²) in [6.45, 7) is 1.68. The molecular weight excluding hydrogens is 337 g/mol. The first-order valence-corrected chi connectivity index (χ1v) is 8.12. The van der Waals surface area contributed by atoms with Crippen molar-refractivity contribution in [3.8, 4) is 5.75 Å². The summed E-state index contributed by atoms with van der Waals surface area (Å²) in [7, 11) is 3.19. The number of amides is 1. The molecule has 0 saturated carbocycles. The van der Waals surface area contributed by atoms with Gasteiger partial charge in [0.2, 0.25) is 5.91 Å². The average Bonchev–Trinajstić information content (AvgIpc) is 2.89. The molecule has 0 aliphatic carbocycles. The number of benzene rings is 2. The van der Waals surface area contributed by atoms with Gasteiger partial charge in [-0.15, -0.1) is 0 Å². The molecule has 0 fully saturated rings. The van der Waals surface area contributed by atoms with Crippen LogP contribution in [0, 0.1) is 5.82 Å². The molecule has 136 valence electrons. The summed E-state index contributed by atoms with van der Waals surface area (Å²) in [5.41, 5.74) is -0.176. The number of ether oxygens (including phenoxy) is 1. The number of halogens is 1. The Labute approximate surface area is 151 Å². The Morgan fingerprint density at radius 2 is 2.08 bits per heavy atom. The highest BCUT2D eigenvalue weighted by Crippen LogP contribution is 2.29. The van der Waals surface area contributed by atoms with Crippen LogP contribution in [0.4, 0.5) is 10.1 Å². The van der Waals surface area contributed by atoms with Crippen LogP contribution in [0.1, 0.15) is 18.9 Å². The number of nitrogens with zero attached hydrogens (tertiary/aromatic N) is 2. The summed E-state index contributed by atoms with van der Waals surface area (Å²) in [6, 6.07) is 13.4. The fourth-order valence-electron chi connectivity index (χ4n) is 2.80. The number of amidine groups is 1. The van der Waals surface area contributed by atoms with Crippen LogP contribution < -0.4 is 10.1 Å².